The molecule has 2 heterocycles. The van der Waals surface area contributed by atoms with Crippen molar-refractivity contribution in [3.63, 3.8) is 0 Å². The van der Waals surface area contributed by atoms with Gasteiger partial charge in [-0.25, -0.2) is 0 Å². The molecule has 3 aromatic rings. The van der Waals surface area contributed by atoms with E-state index in [1.165, 1.54) is 4.57 Å². The smallest absolute Gasteiger partial charge is 0.321 e. The summed E-state index contributed by atoms with van der Waals surface area (Å²) in [5.74, 6) is 0.164. The van der Waals surface area contributed by atoms with Crippen molar-refractivity contribution < 1.29 is 9.36 Å². The average molecular weight is 420 g/mol. The first-order valence-corrected chi connectivity index (χ1v) is 10.5. The topological polar surface area (TPSA) is 110 Å². The van der Waals surface area contributed by atoms with Crippen LogP contribution in [-0.2, 0) is 0 Å². The number of anilines is 2. The van der Waals surface area contributed by atoms with Crippen LogP contribution in [0.25, 0.3) is 11.0 Å². The van der Waals surface area contributed by atoms with E-state index in [0.717, 1.165) is 25.2 Å². The number of benzene rings is 2. The molecule has 1 amide bonds. The van der Waals surface area contributed by atoms with E-state index < -0.39 is 5.56 Å². The molecule has 2 aromatic carbocycles. The molecule has 1 aliphatic heterocycles. The number of para-hydroxylation sites is 1. The van der Waals surface area contributed by atoms with Crippen LogP contribution in [0.2, 0.25) is 0 Å². The fourth-order valence-corrected chi connectivity index (χ4v) is 4.01. The first-order valence-electron chi connectivity index (χ1n) is 10.5. The maximum Gasteiger partial charge on any atom is 0.321 e. The zero-order chi connectivity index (χ0) is 22.0. The van der Waals surface area contributed by atoms with Gasteiger partial charge in [-0.15, -0.1) is 0 Å². The van der Waals surface area contributed by atoms with Crippen LogP contribution >= 0.6 is 0 Å². The highest BCUT2D eigenvalue weighted by atomic mass is 16.2. The van der Waals surface area contributed by atoms with Crippen molar-refractivity contribution in [1.82, 2.24) is 9.88 Å². The predicted molar refractivity (Wildman–Crippen MR) is 122 cm³/mol. The molecule has 31 heavy (non-hydrogen) atoms. The van der Waals surface area contributed by atoms with E-state index in [1.807, 2.05) is 30.0 Å². The third kappa shape index (κ3) is 4.01. The molecule has 1 aliphatic rings. The van der Waals surface area contributed by atoms with Crippen LogP contribution in [0.5, 0.6) is 0 Å². The fraction of sp³-hybridized carbons (Fsp3) is 0.304. The highest BCUT2D eigenvalue weighted by molar-refractivity contribution is 5.97. The number of aromatic amines is 1. The number of hydrogen-bond acceptors (Lipinski definition) is 5. The number of H-pyrrole nitrogens is 1. The van der Waals surface area contributed by atoms with Crippen LogP contribution in [0.3, 0.4) is 0 Å². The molecule has 0 bridgehead atoms. The molecule has 1 fully saturated rings. The van der Waals surface area contributed by atoms with Crippen molar-refractivity contribution in [2.45, 2.75) is 19.8 Å². The number of aromatic nitrogens is 2. The molecule has 160 valence electrons. The van der Waals surface area contributed by atoms with Gasteiger partial charge in [0, 0.05) is 43.9 Å². The van der Waals surface area contributed by atoms with Gasteiger partial charge in [0.1, 0.15) is 5.52 Å². The zero-order valence-electron chi connectivity index (χ0n) is 17.6. The number of nitrogens with one attached hydrogen (secondary N) is 2. The van der Waals surface area contributed by atoms with E-state index in [2.05, 4.69) is 22.0 Å². The highest BCUT2D eigenvalue weighted by Crippen LogP contribution is 2.18. The van der Waals surface area contributed by atoms with Gasteiger partial charge in [0.15, 0.2) is 0 Å². The normalized spacial score (nSPS) is 14.1. The van der Waals surface area contributed by atoms with Crippen molar-refractivity contribution >= 4 is 34.3 Å². The Labute approximate surface area is 180 Å². The number of carbonyl (C=O) groups is 1. The van der Waals surface area contributed by atoms with Crippen molar-refractivity contribution in [3.8, 4) is 0 Å². The number of amides is 1. The number of rotatable bonds is 4. The number of piperazine rings is 1. The number of nitrogens with two attached hydrogens (primary N) is 1. The van der Waals surface area contributed by atoms with E-state index >= 15 is 0 Å². The van der Waals surface area contributed by atoms with E-state index in [0.29, 0.717) is 36.1 Å². The van der Waals surface area contributed by atoms with E-state index in [1.54, 1.807) is 18.2 Å². The summed E-state index contributed by atoms with van der Waals surface area (Å²) in [6.07, 6.45) is 1.27. The standard InChI is InChI=1S/C23H26N6O2/c1-2-6-20(24)29-19-10-9-16(15-18(19)26-22(30)21(29)25)23(31)28-13-11-27(12-14-28)17-7-4-3-5-8-17/h3-5,7-10,15,24-25H,2,6,11-14H2,1H3,(H,26,30)/p+1. The summed E-state index contributed by atoms with van der Waals surface area (Å²) in [4.78, 5) is 32.3. The van der Waals surface area contributed by atoms with Gasteiger partial charge in [0.25, 0.3) is 11.7 Å². The van der Waals surface area contributed by atoms with Gasteiger partial charge in [-0.05, 0) is 36.8 Å². The Kier molecular flexibility index (Phi) is 5.70. The molecule has 8 heteroatoms. The second-order valence-corrected chi connectivity index (χ2v) is 7.72. The summed E-state index contributed by atoms with van der Waals surface area (Å²) in [5, 5.41) is 8.29. The number of fused-ring (bicyclic) bond motifs is 1. The fourth-order valence-electron chi connectivity index (χ4n) is 4.01. The van der Waals surface area contributed by atoms with Crippen molar-refractivity contribution in [1.29, 1.82) is 5.41 Å². The summed E-state index contributed by atoms with van der Waals surface area (Å²) in [6.45, 7) is 4.76. The quantitative estimate of drug-likeness (QED) is 0.341. The molecular weight excluding hydrogens is 392 g/mol. The Morgan fingerprint density at radius 2 is 1.84 bits per heavy atom. The molecule has 0 aliphatic carbocycles. The summed E-state index contributed by atoms with van der Waals surface area (Å²) >= 11 is 0. The molecule has 4 rings (SSSR count). The van der Waals surface area contributed by atoms with Gasteiger partial charge >= 0.3 is 5.56 Å². The number of nitrogens with zero attached hydrogens (tertiary/aromatic N) is 3. The summed E-state index contributed by atoms with van der Waals surface area (Å²) in [6, 6.07) is 15.3. The van der Waals surface area contributed by atoms with Crippen molar-refractivity contribution in [3.05, 3.63) is 64.4 Å². The zero-order valence-corrected chi connectivity index (χ0v) is 17.6. The third-order valence-electron chi connectivity index (χ3n) is 5.65. The first kappa shape index (κ1) is 20.6. The van der Waals surface area contributed by atoms with E-state index in [4.69, 9.17) is 11.1 Å². The Morgan fingerprint density at radius 1 is 1.13 bits per heavy atom. The molecule has 4 N–H and O–H groups in total. The molecule has 0 radical (unpaired) electrons. The Hall–Kier alpha value is -3.68. The second-order valence-electron chi connectivity index (χ2n) is 7.72. The van der Waals surface area contributed by atoms with Crippen LogP contribution in [0.1, 0.15) is 30.1 Å². The molecule has 0 spiro atoms. The summed E-state index contributed by atoms with van der Waals surface area (Å²) in [7, 11) is 0. The largest absolute Gasteiger partial charge is 0.368 e. The van der Waals surface area contributed by atoms with Gasteiger partial charge < -0.3 is 20.5 Å². The lowest BCUT2D eigenvalue weighted by Crippen LogP contribution is -2.50. The molecule has 1 aromatic heterocycles. The van der Waals surface area contributed by atoms with Crippen LogP contribution in [0.15, 0.2) is 53.3 Å². The minimum Gasteiger partial charge on any atom is -0.368 e. The molecule has 0 atom stereocenters. The molecule has 8 nitrogen and oxygen atoms in total. The number of carbonyl (C=O) groups excluding carboxylic acids is 1. The lowest BCUT2D eigenvalue weighted by Gasteiger charge is -2.36. The molecule has 0 saturated carbocycles. The Bertz CT molecular complexity index is 1180. The lowest BCUT2D eigenvalue weighted by atomic mass is 10.1. The van der Waals surface area contributed by atoms with Crippen molar-refractivity contribution in [2.24, 2.45) is 0 Å². The van der Waals surface area contributed by atoms with E-state index in [9.17, 15) is 9.59 Å². The van der Waals surface area contributed by atoms with Gasteiger partial charge in [-0.3, -0.25) is 9.59 Å². The SMILES string of the molecule is CCCC(=N)[n+]1c(N)c(=O)[nH]c2cc(C(=O)N3CCN(c4ccccc4)CC3)ccc21. The predicted octanol–water partition coefficient (Wildman–Crippen LogP) is 1.99. The minimum atomic E-state index is -0.463. The summed E-state index contributed by atoms with van der Waals surface area (Å²) in [5.41, 5.74) is 8.27. The average Bonchev–Trinajstić information content (AvgIpc) is 2.80. The van der Waals surface area contributed by atoms with Crippen LogP contribution in [0, 0.1) is 5.41 Å². The second kappa shape index (κ2) is 8.59. The van der Waals surface area contributed by atoms with Gasteiger partial charge in [0.05, 0.1) is 5.52 Å². The maximum absolute atomic E-state index is 13.1. The van der Waals surface area contributed by atoms with Crippen molar-refractivity contribution in [2.75, 3.05) is 36.8 Å². The highest BCUT2D eigenvalue weighted by Gasteiger charge is 2.24. The molecular formula is C23H27N6O2+. The van der Waals surface area contributed by atoms with E-state index in [-0.39, 0.29) is 17.6 Å². The maximum atomic E-state index is 13.1. The van der Waals surface area contributed by atoms with Gasteiger partial charge in [0.2, 0.25) is 5.84 Å². The lowest BCUT2D eigenvalue weighted by molar-refractivity contribution is -0.514. The number of nitrogen functional groups attached to an aromatic ring is 1. The third-order valence-corrected chi connectivity index (χ3v) is 5.65. The van der Waals surface area contributed by atoms with Crippen LogP contribution in [0.4, 0.5) is 11.5 Å². The molecule has 0 unspecified atom stereocenters. The summed E-state index contributed by atoms with van der Waals surface area (Å²) < 4.78 is 1.46. The Morgan fingerprint density at radius 3 is 2.52 bits per heavy atom. The molecule has 1 saturated heterocycles. The van der Waals surface area contributed by atoms with Gasteiger partial charge in [-0.2, -0.15) is 9.98 Å². The first-order chi connectivity index (χ1) is 15.0. The van der Waals surface area contributed by atoms with Crippen LogP contribution in [-0.4, -0.2) is 47.8 Å². The monoisotopic (exact) mass is 419 g/mol. The number of hydrogen-bond donors (Lipinski definition) is 3. The van der Waals surface area contributed by atoms with Gasteiger partial charge in [-0.1, -0.05) is 25.1 Å². The van der Waals surface area contributed by atoms with Crippen LogP contribution < -0.4 is 20.8 Å². The minimum absolute atomic E-state index is 0.0259. The Balaban J connectivity index is 1.57.